The number of ether oxygens (including phenoxy) is 2. The van der Waals surface area contributed by atoms with Crippen molar-refractivity contribution in [1.29, 1.82) is 0 Å². The summed E-state index contributed by atoms with van der Waals surface area (Å²) in [7, 11) is 0. The molecule has 2 aromatic carbocycles. The SMILES string of the molecule is CC1=C(C(=O)OC(C)C)[C@@H](c2cccs2)n2c(s/c(=C/c3ccc(OCc4ccccc4)cc3)c2=O)=N1. The molecule has 188 valence electrons. The second kappa shape index (κ2) is 10.7. The van der Waals surface area contributed by atoms with Crippen LogP contribution in [0.3, 0.4) is 0 Å². The molecule has 0 spiro atoms. The van der Waals surface area contributed by atoms with Crippen molar-refractivity contribution in [3.05, 3.63) is 119 Å². The Kier molecular flexibility index (Phi) is 7.21. The molecule has 0 saturated heterocycles. The average molecular weight is 531 g/mol. The van der Waals surface area contributed by atoms with Gasteiger partial charge in [-0.2, -0.15) is 0 Å². The molecule has 6 nitrogen and oxygen atoms in total. The topological polar surface area (TPSA) is 69.9 Å². The predicted molar refractivity (Wildman–Crippen MR) is 147 cm³/mol. The Morgan fingerprint density at radius 2 is 1.84 bits per heavy atom. The fourth-order valence-electron chi connectivity index (χ4n) is 4.13. The summed E-state index contributed by atoms with van der Waals surface area (Å²) >= 11 is 2.82. The number of rotatable bonds is 7. The van der Waals surface area contributed by atoms with Crippen LogP contribution in [0.1, 0.15) is 42.8 Å². The highest BCUT2D eigenvalue weighted by Gasteiger charge is 2.34. The number of aromatic nitrogens is 1. The number of benzene rings is 2. The molecular weight excluding hydrogens is 504 g/mol. The summed E-state index contributed by atoms with van der Waals surface area (Å²) in [6.45, 7) is 5.90. The summed E-state index contributed by atoms with van der Waals surface area (Å²) in [5.74, 6) is 0.305. The van der Waals surface area contributed by atoms with Crippen LogP contribution in [0.2, 0.25) is 0 Å². The molecular formula is C29H26N2O4S2. The number of fused-ring (bicyclic) bond motifs is 1. The summed E-state index contributed by atoms with van der Waals surface area (Å²) in [4.78, 5) is 32.8. The molecule has 4 aromatic rings. The second-order valence-corrected chi connectivity index (χ2v) is 10.9. The van der Waals surface area contributed by atoms with Gasteiger partial charge < -0.3 is 9.47 Å². The van der Waals surface area contributed by atoms with Gasteiger partial charge in [-0.25, -0.2) is 9.79 Å². The summed E-state index contributed by atoms with van der Waals surface area (Å²) in [5.41, 5.74) is 2.75. The van der Waals surface area contributed by atoms with E-state index in [4.69, 9.17) is 9.47 Å². The lowest BCUT2D eigenvalue weighted by molar-refractivity contribution is -0.143. The first kappa shape index (κ1) is 24.9. The normalized spacial score (nSPS) is 15.5. The van der Waals surface area contributed by atoms with E-state index >= 15 is 0 Å². The fourth-order valence-corrected chi connectivity index (χ4v) is 6.00. The number of carbonyl (C=O) groups is 1. The van der Waals surface area contributed by atoms with Crippen LogP contribution in [0.5, 0.6) is 5.75 Å². The Labute approximate surface area is 222 Å². The van der Waals surface area contributed by atoms with Gasteiger partial charge in [0.2, 0.25) is 0 Å². The van der Waals surface area contributed by atoms with E-state index in [0.29, 0.717) is 27.2 Å². The van der Waals surface area contributed by atoms with Gasteiger partial charge in [-0.05, 0) is 61.6 Å². The first-order chi connectivity index (χ1) is 17.9. The van der Waals surface area contributed by atoms with Gasteiger partial charge in [0.1, 0.15) is 18.4 Å². The Hall–Kier alpha value is -3.75. The lowest BCUT2D eigenvalue weighted by Crippen LogP contribution is -2.39. The fraction of sp³-hybridized carbons (Fsp3) is 0.207. The van der Waals surface area contributed by atoms with E-state index in [2.05, 4.69) is 4.99 Å². The Balaban J connectivity index is 1.48. The lowest BCUT2D eigenvalue weighted by atomic mass is 10.0. The van der Waals surface area contributed by atoms with E-state index in [1.54, 1.807) is 25.3 Å². The van der Waals surface area contributed by atoms with Crippen LogP contribution in [0, 0.1) is 0 Å². The van der Waals surface area contributed by atoms with Gasteiger partial charge in [0, 0.05) is 4.88 Å². The van der Waals surface area contributed by atoms with Gasteiger partial charge in [0.05, 0.1) is 21.9 Å². The Morgan fingerprint density at radius 1 is 1.08 bits per heavy atom. The molecule has 37 heavy (non-hydrogen) atoms. The highest BCUT2D eigenvalue weighted by atomic mass is 32.1. The molecule has 3 heterocycles. The minimum atomic E-state index is -0.571. The summed E-state index contributed by atoms with van der Waals surface area (Å²) < 4.78 is 13.6. The zero-order valence-electron chi connectivity index (χ0n) is 20.7. The minimum Gasteiger partial charge on any atom is -0.489 e. The third kappa shape index (κ3) is 5.35. The van der Waals surface area contributed by atoms with Crippen molar-refractivity contribution in [2.45, 2.75) is 39.5 Å². The first-order valence-corrected chi connectivity index (χ1v) is 13.6. The van der Waals surface area contributed by atoms with Crippen molar-refractivity contribution < 1.29 is 14.3 Å². The average Bonchev–Trinajstić information content (AvgIpc) is 3.51. The van der Waals surface area contributed by atoms with Crippen molar-refractivity contribution in [1.82, 2.24) is 4.57 Å². The van der Waals surface area contributed by atoms with Crippen LogP contribution in [0.15, 0.2) is 93.2 Å². The monoisotopic (exact) mass is 530 g/mol. The lowest BCUT2D eigenvalue weighted by Gasteiger charge is -2.24. The highest BCUT2D eigenvalue weighted by Crippen LogP contribution is 2.33. The maximum atomic E-state index is 13.6. The van der Waals surface area contributed by atoms with Gasteiger partial charge in [-0.3, -0.25) is 9.36 Å². The number of hydrogen-bond acceptors (Lipinski definition) is 7. The van der Waals surface area contributed by atoms with Crippen molar-refractivity contribution >= 4 is 34.7 Å². The largest absolute Gasteiger partial charge is 0.489 e. The molecule has 5 rings (SSSR count). The maximum absolute atomic E-state index is 13.6. The number of allylic oxidation sites excluding steroid dienone is 1. The molecule has 0 fully saturated rings. The van der Waals surface area contributed by atoms with Gasteiger partial charge in [-0.1, -0.05) is 59.9 Å². The van der Waals surface area contributed by atoms with Crippen molar-refractivity contribution in [3.8, 4) is 5.75 Å². The number of hydrogen-bond donors (Lipinski definition) is 0. The zero-order chi connectivity index (χ0) is 25.9. The molecule has 1 atom stereocenters. The first-order valence-electron chi connectivity index (χ1n) is 11.9. The summed E-state index contributed by atoms with van der Waals surface area (Å²) in [6, 6.07) is 20.9. The van der Waals surface area contributed by atoms with Gasteiger partial charge in [0.15, 0.2) is 4.80 Å². The zero-order valence-corrected chi connectivity index (χ0v) is 22.3. The Bertz CT molecular complexity index is 1610. The molecule has 1 aliphatic rings. The summed E-state index contributed by atoms with van der Waals surface area (Å²) in [5, 5.41) is 1.94. The Morgan fingerprint density at radius 3 is 2.51 bits per heavy atom. The number of thiophene rings is 1. The second-order valence-electron chi connectivity index (χ2n) is 8.89. The van der Waals surface area contributed by atoms with Crippen molar-refractivity contribution in [2.24, 2.45) is 4.99 Å². The number of nitrogens with zero attached hydrogens (tertiary/aromatic N) is 2. The van der Waals surface area contributed by atoms with Crippen LogP contribution in [-0.2, 0) is 16.1 Å². The smallest absolute Gasteiger partial charge is 0.338 e. The molecule has 0 radical (unpaired) electrons. The van der Waals surface area contributed by atoms with Gasteiger partial charge in [-0.15, -0.1) is 11.3 Å². The van der Waals surface area contributed by atoms with Gasteiger partial charge >= 0.3 is 5.97 Å². The third-order valence-corrected chi connectivity index (χ3v) is 7.73. The molecule has 8 heteroatoms. The van der Waals surface area contributed by atoms with Gasteiger partial charge in [0.25, 0.3) is 5.56 Å². The van der Waals surface area contributed by atoms with E-state index < -0.39 is 12.0 Å². The number of esters is 1. The molecule has 1 aliphatic heterocycles. The van der Waals surface area contributed by atoms with Crippen molar-refractivity contribution in [3.63, 3.8) is 0 Å². The third-order valence-electron chi connectivity index (χ3n) is 5.82. The molecule has 0 bridgehead atoms. The molecule has 0 aliphatic carbocycles. The summed E-state index contributed by atoms with van der Waals surface area (Å²) in [6.07, 6.45) is 1.57. The highest BCUT2D eigenvalue weighted by molar-refractivity contribution is 7.10. The van der Waals surface area contributed by atoms with Crippen LogP contribution in [-0.4, -0.2) is 16.6 Å². The van der Waals surface area contributed by atoms with E-state index in [1.165, 1.54) is 22.7 Å². The molecule has 2 aromatic heterocycles. The quantitative estimate of drug-likeness (QED) is 0.321. The molecule has 0 saturated carbocycles. The van der Waals surface area contributed by atoms with E-state index in [-0.39, 0.29) is 11.7 Å². The van der Waals surface area contributed by atoms with E-state index in [1.807, 2.05) is 78.2 Å². The molecule has 0 N–H and O–H groups in total. The molecule has 0 amide bonds. The maximum Gasteiger partial charge on any atom is 0.338 e. The number of thiazole rings is 1. The van der Waals surface area contributed by atoms with E-state index in [0.717, 1.165) is 21.8 Å². The standard InChI is InChI=1S/C29H26N2O4S2/c1-18(2)35-28(33)25-19(3)30-29-31(26(25)23-10-7-15-36-23)27(32)24(37-29)16-20-11-13-22(14-12-20)34-17-21-8-5-4-6-9-21/h4-16,18,26H,17H2,1-3H3/b24-16+/t26-/m1/s1. The van der Waals surface area contributed by atoms with Crippen molar-refractivity contribution in [2.75, 3.05) is 0 Å². The predicted octanol–water partition coefficient (Wildman–Crippen LogP) is 4.83. The minimum absolute atomic E-state index is 0.186. The molecule has 0 unspecified atom stereocenters. The van der Waals surface area contributed by atoms with Crippen LogP contribution in [0.4, 0.5) is 0 Å². The van der Waals surface area contributed by atoms with Crippen LogP contribution >= 0.6 is 22.7 Å². The van der Waals surface area contributed by atoms with Crippen LogP contribution in [0.25, 0.3) is 6.08 Å². The van der Waals surface area contributed by atoms with E-state index in [9.17, 15) is 9.59 Å². The van der Waals surface area contributed by atoms with Crippen LogP contribution < -0.4 is 19.6 Å². The number of carbonyl (C=O) groups excluding carboxylic acids is 1.